The largest absolute Gasteiger partial charge is 0.497 e. The van der Waals surface area contributed by atoms with Crippen LogP contribution >= 0.6 is 8.53 Å². The molecule has 1 fully saturated rings. The summed E-state index contributed by atoms with van der Waals surface area (Å²) in [4.78, 5) is 31.0. The summed E-state index contributed by atoms with van der Waals surface area (Å²) >= 11 is 0. The minimum Gasteiger partial charge on any atom is -0.497 e. The lowest BCUT2D eigenvalue weighted by Gasteiger charge is -2.47. The van der Waals surface area contributed by atoms with E-state index in [2.05, 4.69) is 47.8 Å². The number of rotatable bonds is 25. The Bertz CT molecular complexity index is 2390. The van der Waals surface area contributed by atoms with E-state index in [1.165, 1.54) is 0 Å². The molecule has 15 nitrogen and oxygen atoms in total. The number of methoxy groups -OCH3 is 3. The second kappa shape index (κ2) is 26.9. The van der Waals surface area contributed by atoms with Crippen LogP contribution in [0.5, 0.6) is 17.2 Å². The molecule has 16 heteroatoms. The SMILES string of the molecule is [C-]#[N+]CCOP(OC1C(COC(=O)NCc2cccc(OC)c2)OC(OCCOC(c2ccccc2)(c2ccc(OC)cc2)c2ccc(OC)cc2)C(NC(=O)c2ccccc2)C1C)N(C(C)C)C(C)C. The summed E-state index contributed by atoms with van der Waals surface area (Å²) < 4.78 is 58.5. The average Bonchev–Trinajstić information content (AvgIpc) is 3.39. The molecule has 5 aromatic carbocycles. The third-order valence-corrected chi connectivity index (χ3v) is 14.2. The molecule has 0 bridgehead atoms. The highest BCUT2D eigenvalue weighted by molar-refractivity contribution is 7.44. The minimum atomic E-state index is -1.80. The smallest absolute Gasteiger partial charge is 0.407 e. The molecule has 6 atom stereocenters. The van der Waals surface area contributed by atoms with Gasteiger partial charge in [-0.25, -0.2) is 16.0 Å². The van der Waals surface area contributed by atoms with Crippen molar-refractivity contribution in [3.63, 3.8) is 0 Å². The fraction of sp³-hybridized carbons (Fsp3) is 0.400. The predicted molar refractivity (Wildman–Crippen MR) is 272 cm³/mol. The zero-order valence-corrected chi connectivity index (χ0v) is 42.7. The van der Waals surface area contributed by atoms with Gasteiger partial charge in [0.05, 0.1) is 46.7 Å². The molecule has 5 aromatic rings. The van der Waals surface area contributed by atoms with E-state index in [-0.39, 0.29) is 57.5 Å². The van der Waals surface area contributed by atoms with Gasteiger partial charge in [-0.2, -0.15) is 0 Å². The van der Waals surface area contributed by atoms with Crippen LogP contribution in [-0.4, -0.2) is 108 Å². The fourth-order valence-electron chi connectivity index (χ4n) is 8.58. The molecule has 1 heterocycles. The molecule has 71 heavy (non-hydrogen) atoms. The minimum absolute atomic E-state index is 0.00514. The van der Waals surface area contributed by atoms with Crippen molar-refractivity contribution in [1.29, 1.82) is 0 Å². The Morgan fingerprint density at radius 1 is 0.746 bits per heavy atom. The van der Waals surface area contributed by atoms with E-state index >= 15 is 0 Å². The van der Waals surface area contributed by atoms with Crippen molar-refractivity contribution < 1.29 is 51.8 Å². The van der Waals surface area contributed by atoms with E-state index in [0.29, 0.717) is 22.8 Å². The quantitative estimate of drug-likeness (QED) is 0.0248. The molecule has 1 aliphatic heterocycles. The van der Waals surface area contributed by atoms with Crippen LogP contribution in [0, 0.1) is 12.5 Å². The summed E-state index contributed by atoms with van der Waals surface area (Å²) in [6.07, 6.45) is -3.48. The molecule has 0 saturated carbocycles. The van der Waals surface area contributed by atoms with Crippen molar-refractivity contribution in [3.8, 4) is 17.2 Å². The molecule has 2 N–H and O–H groups in total. The van der Waals surface area contributed by atoms with Gasteiger partial charge in [-0.05, 0) is 98.5 Å². The molecular weight excluding hydrogens is 924 g/mol. The maximum atomic E-state index is 14.1. The fourth-order valence-corrected chi connectivity index (χ4v) is 10.4. The summed E-state index contributed by atoms with van der Waals surface area (Å²) in [5.74, 6) is 1.18. The summed E-state index contributed by atoms with van der Waals surface area (Å²) in [5.41, 5.74) is 2.71. The number of hydrogen-bond acceptors (Lipinski definition) is 12. The summed E-state index contributed by atoms with van der Waals surface area (Å²) in [6, 6.07) is 40.9. The number of nitrogens with one attached hydrogen (secondary N) is 2. The van der Waals surface area contributed by atoms with Crippen LogP contribution in [0.3, 0.4) is 0 Å². The van der Waals surface area contributed by atoms with Crippen LogP contribution in [0.15, 0.2) is 133 Å². The Hall–Kier alpha value is -6.08. The molecule has 1 aliphatic rings. The van der Waals surface area contributed by atoms with Crippen molar-refractivity contribution in [3.05, 3.63) is 173 Å². The maximum absolute atomic E-state index is 14.1. The molecule has 0 radical (unpaired) electrons. The van der Waals surface area contributed by atoms with Crippen LogP contribution in [0.1, 0.15) is 67.2 Å². The van der Waals surface area contributed by atoms with Gasteiger partial charge in [0.2, 0.25) is 6.54 Å². The van der Waals surface area contributed by atoms with Gasteiger partial charge in [0.25, 0.3) is 14.4 Å². The van der Waals surface area contributed by atoms with Gasteiger partial charge >= 0.3 is 6.09 Å². The first-order chi connectivity index (χ1) is 34.4. The van der Waals surface area contributed by atoms with Gasteiger partial charge < -0.3 is 57.7 Å². The molecular formula is C55H67N4O11P. The van der Waals surface area contributed by atoms with Gasteiger partial charge in [0.1, 0.15) is 42.2 Å². The Kier molecular flexibility index (Phi) is 20.6. The normalized spacial score (nSPS) is 18.4. The molecule has 0 aliphatic carbocycles. The van der Waals surface area contributed by atoms with Crippen LogP contribution in [0.25, 0.3) is 4.85 Å². The number of carbonyl (C=O) groups excluding carboxylic acids is 2. The Morgan fingerprint density at radius 3 is 1.92 bits per heavy atom. The number of carbonyl (C=O) groups is 2. The highest BCUT2D eigenvalue weighted by Crippen LogP contribution is 2.50. The number of nitrogens with zero attached hydrogens (tertiary/aromatic N) is 2. The predicted octanol–water partition coefficient (Wildman–Crippen LogP) is 9.79. The molecule has 0 aromatic heterocycles. The number of amides is 2. The standard InChI is InChI=1S/C55H67N4O11P/c1-38(2)59(39(3)4)71(68-32-31-56-6)70-51-40(5)50(58-52(60)42-18-12-10-13-19-42)53(69-49(51)37-66-54(61)57-36-41-17-16-22-48(35-41)64-9)65-33-34-67-55(43-20-14-11-15-21-43,44-23-27-46(62-7)28-24-44)45-25-29-47(63-8)30-26-45/h10-30,35,38-40,49-51,53H,31-34,36-37H2,1-5,7-9H3,(H,57,61)(H,58,60). The first kappa shape index (κ1) is 54.3. The summed E-state index contributed by atoms with van der Waals surface area (Å²) in [5, 5.41) is 6.03. The van der Waals surface area contributed by atoms with E-state index in [0.717, 1.165) is 22.3 Å². The van der Waals surface area contributed by atoms with Gasteiger partial charge in [0, 0.05) is 30.1 Å². The summed E-state index contributed by atoms with van der Waals surface area (Å²) in [6.45, 7) is 17.9. The van der Waals surface area contributed by atoms with E-state index in [1.807, 2.05) is 116 Å². The van der Waals surface area contributed by atoms with E-state index in [1.54, 1.807) is 45.6 Å². The Balaban J connectivity index is 1.33. The molecule has 6 rings (SSSR count). The van der Waals surface area contributed by atoms with Crippen molar-refractivity contribution in [2.75, 3.05) is 54.3 Å². The second-order valence-corrected chi connectivity index (χ2v) is 18.8. The Labute approximate surface area is 419 Å². The molecule has 0 spiro atoms. The first-order valence-electron chi connectivity index (χ1n) is 23.8. The molecule has 1 saturated heterocycles. The monoisotopic (exact) mass is 990 g/mol. The van der Waals surface area contributed by atoms with Gasteiger partial charge in [-0.3, -0.25) is 4.79 Å². The third-order valence-electron chi connectivity index (χ3n) is 12.1. The molecule has 378 valence electrons. The highest BCUT2D eigenvalue weighted by Gasteiger charge is 2.49. The van der Waals surface area contributed by atoms with Crippen LogP contribution in [-0.2, 0) is 40.1 Å². The number of benzene rings is 5. The van der Waals surface area contributed by atoms with Gasteiger partial charge in [-0.1, -0.05) is 91.9 Å². The van der Waals surface area contributed by atoms with Crippen molar-refractivity contribution >= 4 is 20.5 Å². The number of ether oxygens (including phenoxy) is 7. The third kappa shape index (κ3) is 14.3. The lowest BCUT2D eigenvalue weighted by Crippen LogP contribution is -2.62. The lowest BCUT2D eigenvalue weighted by molar-refractivity contribution is -0.255. The first-order valence-corrected chi connectivity index (χ1v) is 24.9. The van der Waals surface area contributed by atoms with Gasteiger partial charge in [0.15, 0.2) is 6.29 Å². The van der Waals surface area contributed by atoms with Crippen molar-refractivity contribution in [2.24, 2.45) is 5.92 Å². The average molecular weight is 991 g/mol. The zero-order valence-electron chi connectivity index (χ0n) is 41.8. The van der Waals surface area contributed by atoms with Crippen molar-refractivity contribution in [1.82, 2.24) is 15.3 Å². The zero-order chi connectivity index (χ0) is 50.8. The molecule has 2 amide bonds. The van der Waals surface area contributed by atoms with Crippen LogP contribution < -0.4 is 24.8 Å². The van der Waals surface area contributed by atoms with Gasteiger partial charge in [-0.15, -0.1) is 0 Å². The number of alkyl carbamates (subject to hydrolysis) is 1. The van der Waals surface area contributed by atoms with Crippen molar-refractivity contribution in [2.45, 2.75) is 83.4 Å². The van der Waals surface area contributed by atoms with E-state index < -0.39 is 50.7 Å². The summed E-state index contributed by atoms with van der Waals surface area (Å²) in [7, 11) is 3.03. The lowest BCUT2D eigenvalue weighted by atomic mass is 9.80. The highest BCUT2D eigenvalue weighted by atomic mass is 31.2. The van der Waals surface area contributed by atoms with E-state index in [4.69, 9.17) is 48.8 Å². The molecule has 6 unspecified atom stereocenters. The topological polar surface area (TPSA) is 149 Å². The van der Waals surface area contributed by atoms with Crippen LogP contribution in [0.4, 0.5) is 4.79 Å². The second-order valence-electron chi connectivity index (χ2n) is 17.4. The maximum Gasteiger partial charge on any atom is 0.407 e. The number of hydrogen-bond donors (Lipinski definition) is 2. The van der Waals surface area contributed by atoms with E-state index in [9.17, 15) is 9.59 Å². The Morgan fingerprint density at radius 2 is 1.34 bits per heavy atom. The van der Waals surface area contributed by atoms with Crippen LogP contribution in [0.2, 0.25) is 0 Å².